The summed E-state index contributed by atoms with van der Waals surface area (Å²) in [5.41, 5.74) is 6.76. The van der Waals surface area contributed by atoms with E-state index in [0.29, 0.717) is 17.9 Å². The van der Waals surface area contributed by atoms with Crippen LogP contribution in [-0.2, 0) is 0 Å². The molecule has 4 rings (SSSR count). The lowest BCUT2D eigenvalue weighted by Gasteiger charge is -2.38. The van der Waals surface area contributed by atoms with Gasteiger partial charge < -0.3 is 5.32 Å². The molecule has 112 valence electrons. The highest BCUT2D eigenvalue weighted by atomic mass is 35.5. The van der Waals surface area contributed by atoms with Crippen LogP contribution in [0.25, 0.3) is 0 Å². The summed E-state index contributed by atoms with van der Waals surface area (Å²) in [6, 6.07) is 13.2. The van der Waals surface area contributed by atoms with E-state index in [9.17, 15) is 0 Å². The molecule has 1 aliphatic carbocycles. The minimum Gasteiger partial charge on any atom is -0.377 e. The van der Waals surface area contributed by atoms with Crippen molar-refractivity contribution in [2.75, 3.05) is 5.32 Å². The van der Waals surface area contributed by atoms with Crippen LogP contribution in [0.2, 0.25) is 5.02 Å². The second-order valence-corrected chi connectivity index (χ2v) is 6.94. The maximum absolute atomic E-state index is 6.22. The van der Waals surface area contributed by atoms with E-state index < -0.39 is 0 Å². The minimum atomic E-state index is 0.326. The van der Waals surface area contributed by atoms with Crippen LogP contribution < -0.4 is 5.32 Å². The summed E-state index contributed by atoms with van der Waals surface area (Å²) < 4.78 is 0. The number of hydrogen-bond donors (Lipinski definition) is 1. The Morgan fingerprint density at radius 3 is 2.82 bits per heavy atom. The van der Waals surface area contributed by atoms with Gasteiger partial charge in [-0.05, 0) is 60.6 Å². The maximum Gasteiger partial charge on any atom is 0.0554 e. The summed E-state index contributed by atoms with van der Waals surface area (Å²) >= 11 is 6.22. The summed E-state index contributed by atoms with van der Waals surface area (Å²) in [5, 5.41) is 4.64. The number of benzene rings is 2. The van der Waals surface area contributed by atoms with Gasteiger partial charge in [0.2, 0.25) is 0 Å². The molecule has 0 aromatic heterocycles. The van der Waals surface area contributed by atoms with Crippen LogP contribution in [0.15, 0.2) is 48.6 Å². The Labute approximate surface area is 137 Å². The lowest BCUT2D eigenvalue weighted by Crippen LogP contribution is -2.29. The molecule has 2 aromatic rings. The van der Waals surface area contributed by atoms with Crippen LogP contribution in [0.4, 0.5) is 5.69 Å². The number of rotatable bonds is 1. The van der Waals surface area contributed by atoms with Crippen molar-refractivity contribution < 1.29 is 0 Å². The molecular formula is C20H20ClN. The quantitative estimate of drug-likeness (QED) is 0.658. The minimum absolute atomic E-state index is 0.326. The third kappa shape index (κ3) is 2.07. The van der Waals surface area contributed by atoms with Crippen LogP contribution in [0.3, 0.4) is 0 Å². The molecule has 2 aromatic carbocycles. The van der Waals surface area contributed by atoms with E-state index in [1.54, 1.807) is 0 Å². The van der Waals surface area contributed by atoms with Gasteiger partial charge in [0.05, 0.1) is 6.04 Å². The standard InChI is InChI=1S/C20H20ClN/c1-12-9-10-18-16-7-4-8-17(16)20(22-19(18)13(12)2)14-5-3-6-15(21)11-14/h3-7,9-11,16-17,20,22H,8H2,1-2H3. The first-order valence-electron chi connectivity index (χ1n) is 7.94. The molecule has 1 aliphatic heterocycles. The van der Waals surface area contributed by atoms with Crippen LogP contribution in [0.1, 0.15) is 40.6 Å². The van der Waals surface area contributed by atoms with Crippen LogP contribution in [0.5, 0.6) is 0 Å². The molecule has 2 aliphatic rings. The largest absolute Gasteiger partial charge is 0.377 e. The van der Waals surface area contributed by atoms with Gasteiger partial charge in [0.1, 0.15) is 0 Å². The number of aryl methyl sites for hydroxylation is 1. The van der Waals surface area contributed by atoms with Crippen molar-refractivity contribution >= 4 is 17.3 Å². The average molecular weight is 310 g/mol. The van der Waals surface area contributed by atoms with Gasteiger partial charge in [-0.3, -0.25) is 0 Å². The fraction of sp³-hybridized carbons (Fsp3) is 0.300. The molecule has 0 amide bonds. The second-order valence-electron chi connectivity index (χ2n) is 6.50. The van der Waals surface area contributed by atoms with Crippen molar-refractivity contribution in [2.45, 2.75) is 32.2 Å². The Hall–Kier alpha value is -1.73. The van der Waals surface area contributed by atoms with Crippen molar-refractivity contribution in [3.8, 4) is 0 Å². The van der Waals surface area contributed by atoms with Gasteiger partial charge >= 0.3 is 0 Å². The molecular weight excluding hydrogens is 290 g/mol. The normalized spacial score (nSPS) is 25.5. The van der Waals surface area contributed by atoms with Gasteiger partial charge in [0, 0.05) is 16.6 Å². The Balaban J connectivity index is 1.84. The van der Waals surface area contributed by atoms with Crippen molar-refractivity contribution in [2.24, 2.45) is 5.92 Å². The molecule has 0 fully saturated rings. The highest BCUT2D eigenvalue weighted by Crippen LogP contribution is 2.51. The van der Waals surface area contributed by atoms with E-state index in [-0.39, 0.29) is 0 Å². The van der Waals surface area contributed by atoms with Gasteiger partial charge in [-0.15, -0.1) is 0 Å². The first-order chi connectivity index (χ1) is 10.6. The lowest BCUT2D eigenvalue weighted by molar-refractivity contribution is 0.425. The third-order valence-corrected chi connectivity index (χ3v) is 5.51. The SMILES string of the molecule is Cc1ccc2c(c1C)NC(c1cccc(Cl)c1)C1CC=CC21. The van der Waals surface area contributed by atoms with E-state index in [1.165, 1.54) is 27.9 Å². The average Bonchev–Trinajstić information content (AvgIpc) is 3.00. The number of fused-ring (bicyclic) bond motifs is 3. The highest BCUT2D eigenvalue weighted by Gasteiger charge is 2.38. The van der Waals surface area contributed by atoms with E-state index >= 15 is 0 Å². The van der Waals surface area contributed by atoms with E-state index in [0.717, 1.165) is 11.4 Å². The van der Waals surface area contributed by atoms with E-state index in [1.807, 2.05) is 6.07 Å². The summed E-state index contributed by atoms with van der Waals surface area (Å²) in [6.07, 6.45) is 5.84. The number of hydrogen-bond acceptors (Lipinski definition) is 1. The maximum atomic E-state index is 6.22. The Morgan fingerprint density at radius 1 is 1.14 bits per heavy atom. The lowest BCUT2D eigenvalue weighted by atomic mass is 9.76. The van der Waals surface area contributed by atoms with Gasteiger partial charge in [-0.2, -0.15) is 0 Å². The molecule has 22 heavy (non-hydrogen) atoms. The van der Waals surface area contributed by atoms with Crippen molar-refractivity contribution in [1.29, 1.82) is 0 Å². The second kappa shape index (κ2) is 5.17. The van der Waals surface area contributed by atoms with Gasteiger partial charge in [-0.25, -0.2) is 0 Å². The fourth-order valence-electron chi connectivity index (χ4n) is 3.95. The van der Waals surface area contributed by atoms with Crippen LogP contribution in [0, 0.1) is 19.8 Å². The number of nitrogens with one attached hydrogen (secondary N) is 1. The molecule has 2 heteroatoms. The molecule has 0 radical (unpaired) electrons. The molecule has 3 atom stereocenters. The van der Waals surface area contributed by atoms with Crippen LogP contribution >= 0.6 is 11.6 Å². The predicted molar refractivity (Wildman–Crippen MR) is 93.7 cm³/mol. The third-order valence-electron chi connectivity index (χ3n) is 5.28. The first kappa shape index (κ1) is 13.9. The Kier molecular flexibility index (Phi) is 3.27. The zero-order valence-corrected chi connectivity index (χ0v) is 13.7. The van der Waals surface area contributed by atoms with E-state index in [2.05, 4.69) is 61.6 Å². The van der Waals surface area contributed by atoms with Gasteiger partial charge in [0.25, 0.3) is 0 Å². The van der Waals surface area contributed by atoms with E-state index in [4.69, 9.17) is 11.6 Å². The van der Waals surface area contributed by atoms with Gasteiger partial charge in [-0.1, -0.05) is 48.0 Å². The summed E-state index contributed by atoms with van der Waals surface area (Å²) in [5.74, 6) is 1.09. The molecule has 0 saturated heterocycles. The zero-order valence-electron chi connectivity index (χ0n) is 12.9. The monoisotopic (exact) mass is 309 g/mol. The predicted octanol–water partition coefficient (Wildman–Crippen LogP) is 5.78. The topological polar surface area (TPSA) is 12.0 Å². The first-order valence-corrected chi connectivity index (χ1v) is 8.31. The van der Waals surface area contributed by atoms with Gasteiger partial charge in [0.15, 0.2) is 0 Å². The molecule has 3 unspecified atom stereocenters. The molecule has 0 spiro atoms. The summed E-state index contributed by atoms with van der Waals surface area (Å²) in [7, 11) is 0. The zero-order chi connectivity index (χ0) is 15.3. The molecule has 0 saturated carbocycles. The Bertz CT molecular complexity index is 762. The summed E-state index contributed by atoms with van der Waals surface area (Å²) in [4.78, 5) is 0. The van der Waals surface area contributed by atoms with Crippen LogP contribution in [-0.4, -0.2) is 0 Å². The molecule has 1 N–H and O–H groups in total. The summed E-state index contributed by atoms with van der Waals surface area (Å²) in [6.45, 7) is 4.40. The highest BCUT2D eigenvalue weighted by molar-refractivity contribution is 6.30. The number of halogens is 1. The Morgan fingerprint density at radius 2 is 2.00 bits per heavy atom. The molecule has 0 bridgehead atoms. The van der Waals surface area contributed by atoms with Crippen molar-refractivity contribution in [3.63, 3.8) is 0 Å². The molecule has 1 nitrogen and oxygen atoms in total. The number of anilines is 1. The smallest absolute Gasteiger partial charge is 0.0554 e. The van der Waals surface area contributed by atoms with Crippen molar-refractivity contribution in [3.05, 3.63) is 75.8 Å². The fourth-order valence-corrected chi connectivity index (χ4v) is 4.15. The number of allylic oxidation sites excluding steroid dienone is 2. The molecule has 1 heterocycles. The van der Waals surface area contributed by atoms with Crippen molar-refractivity contribution in [1.82, 2.24) is 0 Å².